The minimum Gasteiger partial charge on any atom is -0.398 e. The Morgan fingerprint density at radius 1 is 1.14 bits per heavy atom. The first-order valence-corrected chi connectivity index (χ1v) is 9.64. The van der Waals surface area contributed by atoms with E-state index in [2.05, 4.69) is 10.8 Å². The fraction of sp³-hybridized carbons (Fsp3) is 0.438. The lowest BCUT2D eigenvalue weighted by atomic mass is 10.1. The Morgan fingerprint density at radius 3 is 2.00 bits per heavy atom. The molecule has 2 aliphatic carbocycles. The first kappa shape index (κ1) is 21.8. The molecule has 2 aliphatic rings. The Kier molecular flexibility index (Phi) is 7.52. The quantitative estimate of drug-likeness (QED) is 0.627. The normalized spacial score (nSPS) is 15.0. The molecule has 0 bridgehead atoms. The van der Waals surface area contributed by atoms with Crippen molar-refractivity contribution in [1.29, 1.82) is 0 Å². The van der Waals surface area contributed by atoms with Crippen molar-refractivity contribution in [2.45, 2.75) is 50.1 Å². The molecule has 0 aliphatic heterocycles. The number of aryl methyl sites for hydroxylation is 2. The number of halogens is 3. The summed E-state index contributed by atoms with van der Waals surface area (Å²) >= 11 is 0. The Bertz CT molecular complexity index is 842. The number of fused-ring (bicyclic) bond motifs is 2. The largest absolute Gasteiger partial charge is 0.398 e. The van der Waals surface area contributed by atoms with Crippen molar-refractivity contribution in [3.05, 3.63) is 34.5 Å². The minimum atomic E-state index is -2.96. The molecule has 12 heteroatoms. The van der Waals surface area contributed by atoms with Crippen molar-refractivity contribution in [3.8, 4) is 0 Å². The van der Waals surface area contributed by atoms with E-state index in [0.29, 0.717) is 6.20 Å². The van der Waals surface area contributed by atoms with Crippen LogP contribution in [0, 0.1) is 5.82 Å². The molecule has 2 aromatic rings. The first-order chi connectivity index (χ1) is 13.3. The van der Waals surface area contributed by atoms with E-state index in [1.807, 2.05) is 0 Å². The first-order valence-electron chi connectivity index (χ1n) is 8.43. The minimum absolute atomic E-state index is 0.0510. The van der Waals surface area contributed by atoms with Gasteiger partial charge >= 0.3 is 6.55 Å². The van der Waals surface area contributed by atoms with Crippen LogP contribution < -0.4 is 16.6 Å². The Morgan fingerprint density at radius 2 is 1.64 bits per heavy atom. The summed E-state index contributed by atoms with van der Waals surface area (Å²) in [6, 6.07) is 0. The average molecular weight is 418 g/mol. The number of amides is 1. The zero-order valence-electron chi connectivity index (χ0n) is 14.9. The van der Waals surface area contributed by atoms with Gasteiger partial charge in [-0.1, -0.05) is 0 Å². The summed E-state index contributed by atoms with van der Waals surface area (Å²) < 4.78 is 46.6. The lowest BCUT2D eigenvalue weighted by Gasteiger charge is -2.08. The molecule has 6 N–H and O–H groups in total. The molecule has 8 nitrogen and oxygen atoms in total. The van der Waals surface area contributed by atoms with Gasteiger partial charge in [0.05, 0.1) is 6.20 Å². The highest BCUT2D eigenvalue weighted by Crippen LogP contribution is 2.34. The number of hydrogen-bond donors (Lipinski definition) is 3. The zero-order chi connectivity index (χ0) is 20.8. The maximum atomic E-state index is 12.5. The lowest BCUT2D eigenvalue weighted by molar-refractivity contribution is -0.106. The molecule has 4 rings (SSSR count). The summed E-state index contributed by atoms with van der Waals surface area (Å²) in [6.45, 7) is -2.96. The number of primary amides is 1. The molecule has 0 fully saturated rings. The molecule has 2 heterocycles. The average Bonchev–Trinajstić information content (AvgIpc) is 3.35. The van der Waals surface area contributed by atoms with E-state index in [-0.39, 0.29) is 11.1 Å². The molecule has 0 spiro atoms. The molecule has 0 saturated carbocycles. The fourth-order valence-corrected chi connectivity index (χ4v) is 3.64. The second kappa shape index (κ2) is 9.64. The molecule has 1 unspecified atom stereocenters. The molecule has 2 aromatic heterocycles. The van der Waals surface area contributed by atoms with Gasteiger partial charge in [0.1, 0.15) is 11.0 Å². The van der Waals surface area contributed by atoms with Crippen molar-refractivity contribution in [2.75, 3.05) is 5.73 Å². The van der Waals surface area contributed by atoms with Gasteiger partial charge in [-0.25, -0.2) is 18.4 Å². The summed E-state index contributed by atoms with van der Waals surface area (Å²) in [7, 11) is -2.18. The van der Waals surface area contributed by atoms with Gasteiger partial charge in [0.25, 0.3) is 0 Å². The van der Waals surface area contributed by atoms with Gasteiger partial charge < -0.3 is 11.5 Å². The van der Waals surface area contributed by atoms with E-state index >= 15 is 0 Å². The maximum Gasteiger partial charge on any atom is 0.333 e. The molecule has 1 atom stereocenters. The number of pyridine rings is 1. The number of hydrogen-bond acceptors (Lipinski definition) is 5. The molecule has 0 aromatic carbocycles. The number of nitrogens with two attached hydrogens (primary N) is 3. The second-order valence-electron chi connectivity index (χ2n) is 6.06. The highest BCUT2D eigenvalue weighted by atomic mass is 32.2. The van der Waals surface area contributed by atoms with Crippen LogP contribution in [0.4, 0.5) is 18.9 Å². The maximum absolute atomic E-state index is 12.5. The third-order valence-corrected chi connectivity index (χ3v) is 5.00. The van der Waals surface area contributed by atoms with Crippen molar-refractivity contribution >= 4 is 23.1 Å². The third kappa shape index (κ3) is 4.87. The third-order valence-electron chi connectivity index (χ3n) is 4.34. The standard InChI is InChI=1S/C11H14N2.C4H4F3N3OS.CH3NO/c12-11-7-3-1-5-9(7)13-10-6-2-4-8(10)11;5-2-1-10(4(6)7)9-3(2)12(8)11;2-1-3/h1-6H2,(H2,12,13);1,4H,8H2;1H,(H2,2,3). The monoisotopic (exact) mass is 418 g/mol. The van der Waals surface area contributed by atoms with E-state index in [1.54, 1.807) is 0 Å². The Hall–Kier alpha value is -2.47. The number of rotatable bonds is 2. The van der Waals surface area contributed by atoms with Gasteiger partial charge in [0.15, 0.2) is 10.8 Å². The van der Waals surface area contributed by atoms with Gasteiger partial charge in [-0.05, 0) is 49.7 Å². The number of nitrogen functional groups attached to an aromatic ring is 1. The number of nitrogens with zero attached hydrogens (tertiary/aromatic N) is 3. The van der Waals surface area contributed by atoms with Crippen LogP contribution in [-0.2, 0) is 41.5 Å². The fourth-order valence-electron chi connectivity index (χ4n) is 3.22. The number of anilines is 1. The Balaban J connectivity index is 0.000000177. The highest BCUT2D eigenvalue weighted by molar-refractivity contribution is 7.82. The molecule has 28 heavy (non-hydrogen) atoms. The van der Waals surface area contributed by atoms with Gasteiger partial charge in [0.2, 0.25) is 6.41 Å². The van der Waals surface area contributed by atoms with Crippen LogP contribution in [0.25, 0.3) is 0 Å². The zero-order valence-corrected chi connectivity index (χ0v) is 15.7. The second-order valence-corrected chi connectivity index (χ2v) is 7.04. The van der Waals surface area contributed by atoms with Crippen LogP contribution in [0.15, 0.2) is 11.2 Å². The van der Waals surface area contributed by atoms with E-state index in [0.717, 1.165) is 31.4 Å². The van der Waals surface area contributed by atoms with Crippen LogP contribution >= 0.6 is 0 Å². The molecule has 0 radical (unpaired) electrons. The van der Waals surface area contributed by atoms with E-state index in [4.69, 9.17) is 20.7 Å². The number of alkyl halides is 2. The summed E-state index contributed by atoms with van der Waals surface area (Å²) in [6.07, 6.45) is 7.78. The molecular weight excluding hydrogens is 397 g/mol. The van der Waals surface area contributed by atoms with Crippen molar-refractivity contribution in [2.24, 2.45) is 10.9 Å². The summed E-state index contributed by atoms with van der Waals surface area (Å²) in [5, 5.41) is 7.04. The van der Waals surface area contributed by atoms with E-state index in [1.165, 1.54) is 35.4 Å². The lowest BCUT2D eigenvalue weighted by Crippen LogP contribution is -2.06. The summed E-state index contributed by atoms with van der Waals surface area (Å²) in [5.41, 5.74) is 16.7. The predicted molar refractivity (Wildman–Crippen MR) is 97.0 cm³/mol. The molecule has 154 valence electrons. The molecule has 0 saturated heterocycles. The highest BCUT2D eigenvalue weighted by Gasteiger charge is 2.23. The summed E-state index contributed by atoms with van der Waals surface area (Å²) in [5.74, 6) is -1.10. The number of aromatic nitrogens is 3. The molecule has 1 amide bonds. The van der Waals surface area contributed by atoms with Gasteiger partial charge in [-0.15, -0.1) is 0 Å². The van der Waals surface area contributed by atoms with E-state index in [9.17, 15) is 17.4 Å². The van der Waals surface area contributed by atoms with Crippen LogP contribution in [0.2, 0.25) is 0 Å². The predicted octanol–water partition coefficient (Wildman–Crippen LogP) is 1.14. The SMILES string of the molecule is NC=O.NS(=O)c1nn(C(F)F)cc1F.Nc1c2c(nc3c1CCC3)CCC2. The van der Waals surface area contributed by atoms with Crippen LogP contribution in [-0.4, -0.2) is 25.4 Å². The number of carbonyl (C=O) groups is 1. The Labute approximate surface area is 161 Å². The van der Waals surface area contributed by atoms with Gasteiger partial charge in [-0.3, -0.25) is 9.78 Å². The van der Waals surface area contributed by atoms with Gasteiger partial charge in [-0.2, -0.15) is 13.9 Å². The topological polar surface area (TPSA) is 143 Å². The molecular formula is C16H21F3N6O2S. The van der Waals surface area contributed by atoms with Crippen molar-refractivity contribution in [3.63, 3.8) is 0 Å². The van der Waals surface area contributed by atoms with Crippen molar-refractivity contribution in [1.82, 2.24) is 14.8 Å². The van der Waals surface area contributed by atoms with Crippen LogP contribution in [0.1, 0.15) is 41.9 Å². The number of carbonyl (C=O) groups excluding carboxylic acids is 1. The van der Waals surface area contributed by atoms with Crippen molar-refractivity contribution < 1.29 is 22.2 Å². The summed E-state index contributed by atoms with van der Waals surface area (Å²) in [4.78, 5) is 13.3. The smallest absolute Gasteiger partial charge is 0.333 e. The van der Waals surface area contributed by atoms with E-state index < -0.39 is 28.4 Å². The van der Waals surface area contributed by atoms with Crippen LogP contribution in [0.3, 0.4) is 0 Å². The van der Waals surface area contributed by atoms with Crippen LogP contribution in [0.5, 0.6) is 0 Å². The van der Waals surface area contributed by atoms with Gasteiger partial charge in [0, 0.05) is 17.1 Å².